The first-order valence-electron chi connectivity index (χ1n) is 9.13. The van der Waals surface area contributed by atoms with Crippen molar-refractivity contribution in [3.8, 4) is 5.75 Å². The van der Waals surface area contributed by atoms with Crippen molar-refractivity contribution in [3.05, 3.63) is 59.7 Å². The quantitative estimate of drug-likeness (QED) is 0.614. The summed E-state index contributed by atoms with van der Waals surface area (Å²) in [7, 11) is -4.25. The maximum absolute atomic E-state index is 13.9. The van der Waals surface area contributed by atoms with Gasteiger partial charge in [-0.15, -0.1) is 0 Å². The fraction of sp³-hybridized carbons (Fsp3) is 0.211. The third kappa shape index (κ3) is 4.19. The summed E-state index contributed by atoms with van der Waals surface area (Å²) in [5.74, 6) is -1.40. The van der Waals surface area contributed by atoms with Crippen LogP contribution in [0.3, 0.4) is 0 Å². The summed E-state index contributed by atoms with van der Waals surface area (Å²) in [5, 5.41) is 3.81. The first kappa shape index (κ1) is 20.7. The normalized spacial score (nSPS) is 13.6. The zero-order chi connectivity index (χ0) is 22.2. The van der Waals surface area contributed by atoms with Crippen molar-refractivity contribution in [2.24, 2.45) is 0 Å². The van der Waals surface area contributed by atoms with Crippen LogP contribution in [0.5, 0.6) is 5.75 Å². The number of hydrogen-bond acceptors (Lipinski definition) is 7. The lowest BCUT2D eigenvalue weighted by atomic mass is 10.2. The number of amides is 1. The first-order chi connectivity index (χ1) is 14.8. The van der Waals surface area contributed by atoms with E-state index in [0.717, 1.165) is 12.1 Å². The maximum atomic E-state index is 13.9. The van der Waals surface area contributed by atoms with Crippen molar-refractivity contribution < 1.29 is 31.3 Å². The topological polar surface area (TPSA) is 115 Å². The van der Waals surface area contributed by atoms with Crippen LogP contribution in [0.25, 0.3) is 0 Å². The van der Waals surface area contributed by atoms with E-state index < -0.39 is 33.3 Å². The number of ether oxygens (including phenoxy) is 1. The monoisotopic (exact) mass is 450 g/mol. The molecule has 0 atom stereocenters. The molecule has 2 aromatic carbocycles. The lowest BCUT2D eigenvalue weighted by Crippen LogP contribution is -2.38. The molecule has 12 heteroatoms. The molecule has 0 bridgehead atoms. The minimum Gasteiger partial charge on any atom is -0.482 e. The van der Waals surface area contributed by atoms with E-state index >= 15 is 0 Å². The molecule has 0 spiro atoms. The highest BCUT2D eigenvalue weighted by atomic mass is 32.2. The van der Waals surface area contributed by atoms with Gasteiger partial charge in [0.15, 0.2) is 12.4 Å². The predicted molar refractivity (Wildman–Crippen MR) is 104 cm³/mol. The number of nitrogens with zero attached hydrogens (tertiary/aromatic N) is 3. The molecule has 0 saturated carbocycles. The summed E-state index contributed by atoms with van der Waals surface area (Å²) in [6.45, 7) is 1.54. The number of hydrogen-bond donors (Lipinski definition) is 1. The number of carbonyl (C=O) groups excluding carboxylic acids is 1. The van der Waals surface area contributed by atoms with Crippen LogP contribution >= 0.6 is 0 Å². The fourth-order valence-electron chi connectivity index (χ4n) is 2.94. The van der Waals surface area contributed by atoms with Gasteiger partial charge in [-0.2, -0.15) is 4.98 Å². The Bertz CT molecular complexity index is 1260. The Morgan fingerprint density at radius 1 is 1.19 bits per heavy atom. The van der Waals surface area contributed by atoms with E-state index in [1.807, 2.05) is 6.92 Å². The number of benzene rings is 2. The number of nitrogens with one attached hydrogen (secondary N) is 1. The molecule has 2 heterocycles. The molecule has 4 rings (SSSR count). The van der Waals surface area contributed by atoms with E-state index in [9.17, 15) is 22.0 Å². The molecule has 31 heavy (non-hydrogen) atoms. The Morgan fingerprint density at radius 3 is 2.71 bits per heavy atom. The Morgan fingerprint density at radius 2 is 2.00 bits per heavy atom. The van der Waals surface area contributed by atoms with Crippen molar-refractivity contribution >= 4 is 27.3 Å². The van der Waals surface area contributed by atoms with Crippen molar-refractivity contribution in [2.75, 3.05) is 16.2 Å². The van der Waals surface area contributed by atoms with Crippen LogP contribution in [0.4, 0.5) is 20.2 Å². The SMILES string of the molecule is CCc1nc(CN2C(=O)COc3ccc(S(=O)(=O)Nc4ccc(F)cc4F)cc32)no1. The van der Waals surface area contributed by atoms with Crippen molar-refractivity contribution in [2.45, 2.75) is 24.8 Å². The average molecular weight is 450 g/mol. The second kappa shape index (κ2) is 7.95. The highest BCUT2D eigenvalue weighted by Crippen LogP contribution is 2.35. The van der Waals surface area contributed by atoms with E-state index in [2.05, 4.69) is 14.9 Å². The van der Waals surface area contributed by atoms with Crippen molar-refractivity contribution in [3.63, 3.8) is 0 Å². The molecule has 0 unspecified atom stereocenters. The van der Waals surface area contributed by atoms with Gasteiger partial charge in [0.25, 0.3) is 15.9 Å². The largest absolute Gasteiger partial charge is 0.482 e. The Labute approximate surface area is 175 Å². The number of aryl methyl sites for hydroxylation is 1. The predicted octanol–water partition coefficient (Wildman–Crippen LogP) is 2.64. The van der Waals surface area contributed by atoms with Crippen LogP contribution in [0, 0.1) is 11.6 Å². The summed E-state index contributed by atoms with van der Waals surface area (Å²) in [6.07, 6.45) is 0.522. The second-order valence-electron chi connectivity index (χ2n) is 6.59. The van der Waals surface area contributed by atoms with E-state index in [1.54, 1.807) is 0 Å². The first-order valence-corrected chi connectivity index (χ1v) is 10.6. The molecule has 1 N–H and O–H groups in total. The number of fused-ring (bicyclic) bond motifs is 1. The number of anilines is 2. The van der Waals surface area contributed by atoms with Gasteiger partial charge in [-0.3, -0.25) is 14.4 Å². The van der Waals surface area contributed by atoms with Gasteiger partial charge in [0.2, 0.25) is 5.89 Å². The summed E-state index contributed by atoms with van der Waals surface area (Å²) in [4.78, 5) is 17.6. The number of halogens is 2. The summed E-state index contributed by atoms with van der Waals surface area (Å²) in [5.41, 5.74) is -0.233. The van der Waals surface area contributed by atoms with Crippen LogP contribution in [-0.2, 0) is 27.8 Å². The molecule has 3 aromatic rings. The van der Waals surface area contributed by atoms with Gasteiger partial charge in [0.05, 0.1) is 22.8 Å². The van der Waals surface area contributed by atoms with Gasteiger partial charge in [-0.05, 0) is 30.3 Å². The van der Waals surface area contributed by atoms with E-state index in [-0.39, 0.29) is 35.3 Å². The molecular weight excluding hydrogens is 434 g/mol. The molecule has 1 aliphatic heterocycles. The minimum absolute atomic E-state index is 0.0534. The summed E-state index contributed by atoms with van der Waals surface area (Å²) in [6, 6.07) is 6.32. The molecule has 9 nitrogen and oxygen atoms in total. The minimum atomic E-state index is -4.25. The molecule has 0 fully saturated rings. The third-order valence-electron chi connectivity index (χ3n) is 4.47. The highest BCUT2D eigenvalue weighted by molar-refractivity contribution is 7.92. The van der Waals surface area contributed by atoms with Gasteiger partial charge < -0.3 is 9.26 Å². The van der Waals surface area contributed by atoms with Gasteiger partial charge in [-0.1, -0.05) is 12.1 Å². The molecular formula is C19H16F2N4O5S. The summed E-state index contributed by atoms with van der Waals surface area (Å²) < 4.78 is 65.0. The zero-order valence-electron chi connectivity index (χ0n) is 16.1. The maximum Gasteiger partial charge on any atom is 0.265 e. The molecule has 162 valence electrons. The molecule has 0 radical (unpaired) electrons. The number of sulfonamides is 1. The van der Waals surface area contributed by atoms with Crippen molar-refractivity contribution in [1.82, 2.24) is 10.1 Å². The Balaban J connectivity index is 1.67. The Hall–Kier alpha value is -3.54. The molecule has 1 aromatic heterocycles. The van der Waals surface area contributed by atoms with Gasteiger partial charge in [-0.25, -0.2) is 17.2 Å². The molecule has 0 aliphatic carbocycles. The lowest BCUT2D eigenvalue weighted by Gasteiger charge is -2.28. The summed E-state index contributed by atoms with van der Waals surface area (Å²) >= 11 is 0. The third-order valence-corrected chi connectivity index (χ3v) is 5.83. The molecule has 0 saturated heterocycles. The lowest BCUT2D eigenvalue weighted by molar-refractivity contribution is -0.121. The fourth-order valence-corrected chi connectivity index (χ4v) is 4.02. The van der Waals surface area contributed by atoms with E-state index in [0.29, 0.717) is 18.4 Å². The molecule has 1 amide bonds. The van der Waals surface area contributed by atoms with Gasteiger partial charge >= 0.3 is 0 Å². The number of aromatic nitrogens is 2. The Kier molecular flexibility index (Phi) is 5.31. The van der Waals surface area contributed by atoms with Gasteiger partial charge in [0.1, 0.15) is 17.4 Å². The van der Waals surface area contributed by atoms with Gasteiger partial charge in [0, 0.05) is 12.5 Å². The van der Waals surface area contributed by atoms with E-state index in [4.69, 9.17) is 9.26 Å². The average Bonchev–Trinajstić information content (AvgIpc) is 3.19. The van der Waals surface area contributed by atoms with Crippen LogP contribution in [0.2, 0.25) is 0 Å². The zero-order valence-corrected chi connectivity index (χ0v) is 16.9. The molecule has 1 aliphatic rings. The number of carbonyl (C=O) groups is 1. The standard InChI is InChI=1S/C19H16F2N4O5S/c1-2-18-22-17(23-30-18)9-25-15-8-12(4-6-16(15)29-10-19(25)26)31(27,28)24-14-5-3-11(20)7-13(14)21/h3-8,24H,2,9-10H2,1H3. The smallest absolute Gasteiger partial charge is 0.265 e. The number of rotatable bonds is 6. The van der Waals surface area contributed by atoms with Crippen LogP contribution in [-0.4, -0.2) is 31.1 Å². The van der Waals surface area contributed by atoms with E-state index in [1.165, 1.54) is 23.1 Å². The highest BCUT2D eigenvalue weighted by Gasteiger charge is 2.29. The van der Waals surface area contributed by atoms with Crippen LogP contribution in [0.15, 0.2) is 45.8 Å². The van der Waals surface area contributed by atoms with Crippen LogP contribution < -0.4 is 14.4 Å². The van der Waals surface area contributed by atoms with Crippen LogP contribution in [0.1, 0.15) is 18.6 Å². The van der Waals surface area contributed by atoms with Crippen molar-refractivity contribution in [1.29, 1.82) is 0 Å². The second-order valence-corrected chi connectivity index (χ2v) is 8.27.